The van der Waals surface area contributed by atoms with Gasteiger partial charge in [-0.25, -0.2) is 4.79 Å². The fourth-order valence-corrected chi connectivity index (χ4v) is 3.30. The van der Waals surface area contributed by atoms with Crippen molar-refractivity contribution in [2.24, 2.45) is 0 Å². The number of hydrogen-bond acceptors (Lipinski definition) is 5. The molecule has 2 amide bonds. The van der Waals surface area contributed by atoms with Gasteiger partial charge in [0.25, 0.3) is 5.91 Å². The molecule has 31 heavy (non-hydrogen) atoms. The summed E-state index contributed by atoms with van der Waals surface area (Å²) in [5, 5.41) is 2.55. The molecule has 174 valence electrons. The number of likely N-dealkylation sites (tertiary alicyclic amines) is 1. The largest absolute Gasteiger partial charge is 0.493 e. The van der Waals surface area contributed by atoms with Crippen LogP contribution in [0.1, 0.15) is 39.2 Å². The van der Waals surface area contributed by atoms with E-state index in [9.17, 15) is 22.8 Å². The van der Waals surface area contributed by atoms with Crippen LogP contribution in [0.5, 0.6) is 11.5 Å². The highest BCUT2D eigenvalue weighted by Crippen LogP contribution is 2.33. The Morgan fingerprint density at radius 3 is 2.42 bits per heavy atom. The first kappa shape index (κ1) is 24.6. The Hall–Kier alpha value is -2.65. The number of methoxy groups -OCH3 is 1. The van der Waals surface area contributed by atoms with Gasteiger partial charge in [-0.3, -0.25) is 4.79 Å². The number of amides is 2. The number of ether oxygens (including phenoxy) is 3. The molecule has 1 aliphatic heterocycles. The number of benzene rings is 1. The van der Waals surface area contributed by atoms with Crippen molar-refractivity contribution >= 4 is 12.0 Å². The molecule has 0 aliphatic carbocycles. The van der Waals surface area contributed by atoms with Crippen molar-refractivity contribution in [1.29, 1.82) is 0 Å². The van der Waals surface area contributed by atoms with Crippen molar-refractivity contribution < 1.29 is 37.0 Å². The molecule has 1 heterocycles. The van der Waals surface area contributed by atoms with Crippen molar-refractivity contribution in [2.45, 2.75) is 64.4 Å². The Balaban J connectivity index is 2.09. The molecule has 2 atom stereocenters. The first-order chi connectivity index (χ1) is 14.3. The van der Waals surface area contributed by atoms with Crippen molar-refractivity contribution in [3.63, 3.8) is 0 Å². The summed E-state index contributed by atoms with van der Waals surface area (Å²) >= 11 is 0. The number of hydrogen-bond donors (Lipinski definition) is 1. The Bertz CT molecular complexity index is 792. The predicted molar refractivity (Wildman–Crippen MR) is 107 cm³/mol. The fraction of sp³-hybridized carbons (Fsp3) is 0.619. The molecule has 0 radical (unpaired) electrons. The lowest BCUT2D eigenvalue weighted by molar-refractivity contribution is -0.198. The molecule has 2 rings (SSSR count). The van der Waals surface area contributed by atoms with Crippen LogP contribution >= 0.6 is 0 Å². The number of alkyl halides is 3. The SMILES string of the molecule is COc1cc(C)ccc1OCC(=O)N1C[C@H](NC(=O)OC(C)(C)C)CC[C@@H]1C(F)(F)F. The van der Waals surface area contributed by atoms with Gasteiger partial charge in [-0.2, -0.15) is 13.2 Å². The normalized spacial score (nSPS) is 19.5. The molecule has 1 saturated heterocycles. The number of carbonyl (C=O) groups is 2. The summed E-state index contributed by atoms with van der Waals surface area (Å²) in [6.45, 7) is 6.00. The van der Waals surface area contributed by atoms with E-state index in [4.69, 9.17) is 14.2 Å². The monoisotopic (exact) mass is 446 g/mol. The average molecular weight is 446 g/mol. The molecule has 0 bridgehead atoms. The highest BCUT2D eigenvalue weighted by Gasteiger charge is 2.48. The average Bonchev–Trinajstić information content (AvgIpc) is 2.64. The molecule has 1 aliphatic rings. The summed E-state index contributed by atoms with van der Waals surface area (Å²) in [5.41, 5.74) is 0.156. The van der Waals surface area contributed by atoms with Gasteiger partial charge in [-0.15, -0.1) is 0 Å². The molecular formula is C21H29F3N2O5. The van der Waals surface area contributed by atoms with Crippen LogP contribution in [0, 0.1) is 6.92 Å². The molecule has 7 nitrogen and oxygen atoms in total. The highest BCUT2D eigenvalue weighted by atomic mass is 19.4. The minimum absolute atomic E-state index is 0.0693. The third kappa shape index (κ3) is 7.22. The third-order valence-electron chi connectivity index (χ3n) is 4.67. The van der Waals surface area contributed by atoms with E-state index in [1.807, 2.05) is 6.92 Å². The van der Waals surface area contributed by atoms with Gasteiger partial charge in [0.05, 0.1) is 7.11 Å². The second kappa shape index (κ2) is 9.65. The number of carbonyl (C=O) groups excluding carboxylic acids is 2. The fourth-order valence-electron chi connectivity index (χ4n) is 3.30. The molecule has 10 heteroatoms. The highest BCUT2D eigenvalue weighted by molar-refractivity contribution is 5.78. The summed E-state index contributed by atoms with van der Waals surface area (Å²) in [7, 11) is 1.43. The van der Waals surface area contributed by atoms with Crippen molar-refractivity contribution in [2.75, 3.05) is 20.3 Å². The van der Waals surface area contributed by atoms with Gasteiger partial charge >= 0.3 is 12.3 Å². The van der Waals surface area contributed by atoms with Gasteiger partial charge in [0.1, 0.15) is 11.6 Å². The van der Waals surface area contributed by atoms with Crippen LogP contribution in [0.4, 0.5) is 18.0 Å². The molecule has 1 fully saturated rings. The Morgan fingerprint density at radius 2 is 1.84 bits per heavy atom. The quantitative estimate of drug-likeness (QED) is 0.744. The van der Waals surface area contributed by atoms with E-state index >= 15 is 0 Å². The molecule has 0 saturated carbocycles. The lowest BCUT2D eigenvalue weighted by Gasteiger charge is -2.40. The first-order valence-corrected chi connectivity index (χ1v) is 9.93. The van der Waals surface area contributed by atoms with Crippen LogP contribution in [-0.4, -0.2) is 61.0 Å². The van der Waals surface area contributed by atoms with Gasteiger partial charge in [0.15, 0.2) is 18.1 Å². The maximum Gasteiger partial charge on any atom is 0.408 e. The summed E-state index contributed by atoms with van der Waals surface area (Å²) in [6, 6.07) is 2.42. The van der Waals surface area contributed by atoms with Gasteiger partial charge in [0.2, 0.25) is 0 Å². The van der Waals surface area contributed by atoms with Gasteiger partial charge in [-0.1, -0.05) is 6.07 Å². The number of nitrogens with zero attached hydrogens (tertiary/aromatic N) is 1. The van der Waals surface area contributed by atoms with Crippen LogP contribution in [0.25, 0.3) is 0 Å². The standard InChI is InChI=1S/C21H29F3N2O5/c1-13-6-8-15(16(10-13)29-5)30-12-18(27)26-11-14(7-9-17(26)21(22,23)24)25-19(28)31-20(2,3)4/h6,8,10,14,17H,7,9,11-12H2,1-5H3,(H,25,28)/t14-,17-/m1/s1. The maximum absolute atomic E-state index is 13.5. The number of aryl methyl sites for hydroxylation is 1. The van der Waals surface area contributed by atoms with E-state index in [0.29, 0.717) is 10.6 Å². The zero-order valence-electron chi connectivity index (χ0n) is 18.3. The van der Waals surface area contributed by atoms with Crippen LogP contribution in [0.15, 0.2) is 18.2 Å². The predicted octanol–water partition coefficient (Wildman–Crippen LogP) is 3.83. The summed E-state index contributed by atoms with van der Waals surface area (Å²) in [4.78, 5) is 25.4. The van der Waals surface area contributed by atoms with Crippen molar-refractivity contribution in [3.8, 4) is 11.5 Å². The van der Waals surface area contributed by atoms with E-state index in [2.05, 4.69) is 5.32 Å². The number of alkyl carbamates (subject to hydrolysis) is 1. The van der Waals surface area contributed by atoms with Crippen LogP contribution in [-0.2, 0) is 9.53 Å². The smallest absolute Gasteiger partial charge is 0.408 e. The van der Waals surface area contributed by atoms with E-state index in [0.717, 1.165) is 5.56 Å². The Morgan fingerprint density at radius 1 is 1.16 bits per heavy atom. The molecule has 0 unspecified atom stereocenters. The number of halogens is 3. The van der Waals surface area contributed by atoms with Gasteiger partial charge in [0, 0.05) is 12.6 Å². The Kier molecular flexibility index (Phi) is 7.67. The van der Waals surface area contributed by atoms with Gasteiger partial charge < -0.3 is 24.4 Å². The molecule has 0 aromatic heterocycles. The minimum Gasteiger partial charge on any atom is -0.493 e. The van der Waals surface area contributed by atoms with E-state index in [1.54, 1.807) is 39.0 Å². The second-order valence-electron chi connectivity index (χ2n) is 8.47. The van der Waals surface area contributed by atoms with Crippen molar-refractivity contribution in [1.82, 2.24) is 10.2 Å². The van der Waals surface area contributed by atoms with Crippen LogP contribution in [0.2, 0.25) is 0 Å². The molecule has 1 N–H and O–H groups in total. The lowest BCUT2D eigenvalue weighted by atomic mass is 9.97. The topological polar surface area (TPSA) is 77.1 Å². The second-order valence-corrected chi connectivity index (χ2v) is 8.47. The zero-order valence-corrected chi connectivity index (χ0v) is 18.3. The van der Waals surface area contributed by atoms with Crippen molar-refractivity contribution in [3.05, 3.63) is 23.8 Å². The third-order valence-corrected chi connectivity index (χ3v) is 4.67. The zero-order chi connectivity index (χ0) is 23.4. The van der Waals surface area contributed by atoms with Crippen LogP contribution < -0.4 is 14.8 Å². The number of nitrogens with one attached hydrogen (secondary N) is 1. The number of piperidine rings is 1. The van der Waals surface area contributed by atoms with Crippen LogP contribution in [0.3, 0.4) is 0 Å². The molecular weight excluding hydrogens is 417 g/mol. The molecule has 1 aromatic carbocycles. The summed E-state index contributed by atoms with van der Waals surface area (Å²) < 4.78 is 56.4. The Labute approximate surface area is 179 Å². The summed E-state index contributed by atoms with van der Waals surface area (Å²) in [5.74, 6) is -0.200. The minimum atomic E-state index is -4.59. The molecule has 1 aromatic rings. The van der Waals surface area contributed by atoms with E-state index in [-0.39, 0.29) is 25.1 Å². The van der Waals surface area contributed by atoms with Gasteiger partial charge in [-0.05, 0) is 58.2 Å². The summed E-state index contributed by atoms with van der Waals surface area (Å²) in [6.07, 6.45) is -5.59. The lowest BCUT2D eigenvalue weighted by Crippen LogP contribution is -2.59. The maximum atomic E-state index is 13.5. The van der Waals surface area contributed by atoms with E-state index in [1.165, 1.54) is 7.11 Å². The molecule has 0 spiro atoms. The number of rotatable bonds is 5. The first-order valence-electron chi connectivity index (χ1n) is 9.93. The van der Waals surface area contributed by atoms with E-state index < -0.39 is 42.5 Å².